The molecule has 0 aromatic heterocycles. The van der Waals surface area contributed by atoms with Crippen molar-refractivity contribution in [3.05, 3.63) is 65.7 Å². The standard InChI is InChI=1S/C17H21N3O3/c18-10-16(17(21)20-22)19-11-13-6-8-15(9-7-13)23-12-14-4-2-1-3-5-14/h1-9,16,19,22H,10-12,18H2,(H,20,21). The fraction of sp³-hybridized carbons (Fsp3) is 0.235. The summed E-state index contributed by atoms with van der Waals surface area (Å²) in [4.78, 5) is 11.3. The quantitative estimate of drug-likeness (QED) is 0.433. The summed E-state index contributed by atoms with van der Waals surface area (Å²) in [5.74, 6) is 0.233. The maximum Gasteiger partial charge on any atom is 0.261 e. The molecule has 0 saturated heterocycles. The molecule has 0 bridgehead atoms. The number of hydrogen-bond acceptors (Lipinski definition) is 5. The van der Waals surface area contributed by atoms with Crippen molar-refractivity contribution in [1.29, 1.82) is 0 Å². The van der Waals surface area contributed by atoms with Crippen molar-refractivity contribution in [1.82, 2.24) is 10.8 Å². The number of ether oxygens (including phenoxy) is 1. The van der Waals surface area contributed by atoms with E-state index in [2.05, 4.69) is 5.32 Å². The lowest BCUT2D eigenvalue weighted by atomic mass is 10.2. The van der Waals surface area contributed by atoms with Gasteiger partial charge in [-0.3, -0.25) is 10.0 Å². The predicted octanol–water partition coefficient (Wildman–Crippen LogP) is 1.19. The Hall–Kier alpha value is -2.41. The molecule has 23 heavy (non-hydrogen) atoms. The Bertz CT molecular complexity index is 602. The van der Waals surface area contributed by atoms with E-state index in [9.17, 15) is 4.79 Å². The molecule has 0 saturated carbocycles. The molecule has 0 aliphatic heterocycles. The van der Waals surface area contributed by atoms with Crippen LogP contribution in [0.25, 0.3) is 0 Å². The van der Waals surface area contributed by atoms with Crippen molar-refractivity contribution in [2.75, 3.05) is 6.54 Å². The van der Waals surface area contributed by atoms with Crippen LogP contribution in [0.1, 0.15) is 11.1 Å². The first-order chi connectivity index (χ1) is 11.2. The van der Waals surface area contributed by atoms with Crippen molar-refractivity contribution < 1.29 is 14.7 Å². The molecule has 0 spiro atoms. The molecule has 6 nitrogen and oxygen atoms in total. The third kappa shape index (κ3) is 5.37. The minimum absolute atomic E-state index is 0.102. The van der Waals surface area contributed by atoms with Gasteiger partial charge < -0.3 is 15.8 Å². The molecule has 5 N–H and O–H groups in total. The topological polar surface area (TPSA) is 96.6 Å². The van der Waals surface area contributed by atoms with Crippen LogP contribution in [-0.4, -0.2) is 23.7 Å². The second-order valence-electron chi connectivity index (χ2n) is 5.06. The van der Waals surface area contributed by atoms with Gasteiger partial charge in [0.05, 0.1) is 0 Å². The SMILES string of the molecule is NCC(NCc1ccc(OCc2ccccc2)cc1)C(=O)NO. The van der Waals surface area contributed by atoms with Crippen molar-refractivity contribution in [2.24, 2.45) is 5.73 Å². The molecule has 2 aromatic rings. The lowest BCUT2D eigenvalue weighted by Gasteiger charge is -2.14. The van der Waals surface area contributed by atoms with Crippen molar-refractivity contribution in [3.8, 4) is 5.75 Å². The highest BCUT2D eigenvalue weighted by Gasteiger charge is 2.14. The minimum Gasteiger partial charge on any atom is -0.489 e. The highest BCUT2D eigenvalue weighted by molar-refractivity contribution is 5.80. The fourth-order valence-electron chi connectivity index (χ4n) is 2.05. The molecule has 6 heteroatoms. The van der Waals surface area contributed by atoms with Crippen molar-refractivity contribution in [2.45, 2.75) is 19.2 Å². The first-order valence-corrected chi connectivity index (χ1v) is 7.36. The van der Waals surface area contributed by atoms with Crippen LogP contribution in [-0.2, 0) is 17.9 Å². The van der Waals surface area contributed by atoms with Crippen LogP contribution in [0, 0.1) is 0 Å². The Morgan fingerprint density at radius 1 is 1.09 bits per heavy atom. The van der Waals surface area contributed by atoms with E-state index in [4.69, 9.17) is 15.7 Å². The number of benzene rings is 2. The van der Waals surface area contributed by atoms with E-state index in [0.717, 1.165) is 16.9 Å². The van der Waals surface area contributed by atoms with Crippen molar-refractivity contribution >= 4 is 5.91 Å². The average molecular weight is 315 g/mol. The van der Waals surface area contributed by atoms with E-state index in [-0.39, 0.29) is 6.54 Å². The van der Waals surface area contributed by atoms with Gasteiger partial charge in [-0.2, -0.15) is 0 Å². The molecule has 0 fully saturated rings. The highest BCUT2D eigenvalue weighted by atomic mass is 16.5. The molecular formula is C17H21N3O3. The Morgan fingerprint density at radius 2 is 1.78 bits per heavy atom. The van der Waals surface area contributed by atoms with E-state index in [1.54, 1.807) is 5.48 Å². The maximum absolute atomic E-state index is 11.3. The van der Waals surface area contributed by atoms with E-state index in [0.29, 0.717) is 13.2 Å². The summed E-state index contributed by atoms with van der Waals surface area (Å²) >= 11 is 0. The normalized spacial score (nSPS) is 11.7. The van der Waals surface area contributed by atoms with E-state index in [1.807, 2.05) is 54.6 Å². The molecule has 0 aliphatic rings. The number of carbonyl (C=O) groups excluding carboxylic acids is 1. The lowest BCUT2D eigenvalue weighted by molar-refractivity contribution is -0.131. The van der Waals surface area contributed by atoms with Crippen LogP contribution in [0.2, 0.25) is 0 Å². The van der Waals surface area contributed by atoms with Gasteiger partial charge in [-0.1, -0.05) is 42.5 Å². The summed E-state index contributed by atoms with van der Waals surface area (Å²) in [7, 11) is 0. The summed E-state index contributed by atoms with van der Waals surface area (Å²) in [6.07, 6.45) is 0. The molecule has 0 radical (unpaired) electrons. The molecule has 2 rings (SSSR count). The van der Waals surface area contributed by atoms with Gasteiger partial charge in [-0.15, -0.1) is 0 Å². The van der Waals surface area contributed by atoms with Crippen LogP contribution < -0.4 is 21.3 Å². The smallest absolute Gasteiger partial charge is 0.261 e. The predicted molar refractivity (Wildman–Crippen MR) is 86.8 cm³/mol. The third-order valence-corrected chi connectivity index (χ3v) is 3.39. The van der Waals surface area contributed by atoms with Gasteiger partial charge in [0.2, 0.25) is 0 Å². The number of hydroxylamine groups is 1. The highest BCUT2D eigenvalue weighted by Crippen LogP contribution is 2.14. The van der Waals surface area contributed by atoms with E-state index in [1.165, 1.54) is 0 Å². The summed E-state index contributed by atoms with van der Waals surface area (Å²) in [6.45, 7) is 1.09. The summed E-state index contributed by atoms with van der Waals surface area (Å²) in [5, 5.41) is 11.6. The number of hydrogen-bond donors (Lipinski definition) is 4. The van der Waals surface area contributed by atoms with Gasteiger partial charge >= 0.3 is 0 Å². The average Bonchev–Trinajstić information content (AvgIpc) is 2.62. The zero-order valence-corrected chi connectivity index (χ0v) is 12.7. The molecule has 122 valence electrons. The second-order valence-corrected chi connectivity index (χ2v) is 5.06. The molecular weight excluding hydrogens is 294 g/mol. The van der Waals surface area contributed by atoms with Crippen LogP contribution >= 0.6 is 0 Å². The van der Waals surface area contributed by atoms with Gasteiger partial charge in [0.25, 0.3) is 5.91 Å². The zero-order chi connectivity index (χ0) is 16.5. The summed E-state index contributed by atoms with van der Waals surface area (Å²) in [6, 6.07) is 16.9. The molecule has 0 heterocycles. The summed E-state index contributed by atoms with van der Waals surface area (Å²) < 4.78 is 5.71. The molecule has 1 atom stereocenters. The monoisotopic (exact) mass is 315 g/mol. The number of amides is 1. The molecule has 0 aliphatic carbocycles. The van der Waals surface area contributed by atoms with Crippen LogP contribution in [0.3, 0.4) is 0 Å². The van der Waals surface area contributed by atoms with Gasteiger partial charge in [0.15, 0.2) is 0 Å². The van der Waals surface area contributed by atoms with Crippen LogP contribution in [0.15, 0.2) is 54.6 Å². The van der Waals surface area contributed by atoms with Gasteiger partial charge in [-0.25, -0.2) is 5.48 Å². The van der Waals surface area contributed by atoms with Gasteiger partial charge in [-0.05, 0) is 23.3 Å². The Morgan fingerprint density at radius 3 is 2.39 bits per heavy atom. The first-order valence-electron chi connectivity index (χ1n) is 7.36. The number of carbonyl (C=O) groups is 1. The fourth-order valence-corrected chi connectivity index (χ4v) is 2.05. The van der Waals surface area contributed by atoms with Crippen molar-refractivity contribution in [3.63, 3.8) is 0 Å². The second kappa shape index (κ2) is 8.89. The first kappa shape index (κ1) is 17.0. The van der Waals surface area contributed by atoms with Crippen LogP contribution in [0.5, 0.6) is 5.75 Å². The number of nitrogens with two attached hydrogens (primary N) is 1. The Balaban J connectivity index is 1.83. The number of nitrogens with one attached hydrogen (secondary N) is 2. The minimum atomic E-state index is -0.631. The molecule has 1 unspecified atom stereocenters. The van der Waals surface area contributed by atoms with E-state index < -0.39 is 11.9 Å². The zero-order valence-electron chi connectivity index (χ0n) is 12.7. The summed E-state index contributed by atoms with van der Waals surface area (Å²) in [5.41, 5.74) is 9.17. The largest absolute Gasteiger partial charge is 0.489 e. The van der Waals surface area contributed by atoms with E-state index >= 15 is 0 Å². The Labute approximate surface area is 135 Å². The lowest BCUT2D eigenvalue weighted by Crippen LogP contribution is -2.47. The molecule has 1 amide bonds. The third-order valence-electron chi connectivity index (χ3n) is 3.39. The van der Waals surface area contributed by atoms with Gasteiger partial charge in [0.1, 0.15) is 18.4 Å². The maximum atomic E-state index is 11.3. The number of rotatable bonds is 8. The van der Waals surface area contributed by atoms with Gasteiger partial charge in [0, 0.05) is 13.1 Å². The molecule has 2 aromatic carbocycles. The van der Waals surface area contributed by atoms with Crippen LogP contribution in [0.4, 0.5) is 0 Å². The Kier molecular flexibility index (Phi) is 6.56.